The van der Waals surface area contributed by atoms with Crippen LogP contribution < -0.4 is 9.47 Å². The molecule has 0 spiro atoms. The molecule has 0 amide bonds. The molecule has 0 aliphatic heterocycles. The number of nitrogens with zero attached hydrogens (tertiary/aromatic N) is 2. The molecule has 1 aromatic heterocycles. The lowest BCUT2D eigenvalue weighted by molar-refractivity contribution is -0.136. The average molecular weight is 437 g/mol. The monoisotopic (exact) mass is 436 g/mol. The molecule has 6 heteroatoms. The Kier molecular flexibility index (Phi) is 7.92. The second-order valence-corrected chi connectivity index (χ2v) is 8.30. The van der Waals surface area contributed by atoms with Crippen molar-refractivity contribution >= 4 is 5.97 Å². The third-order valence-electron chi connectivity index (χ3n) is 5.13. The van der Waals surface area contributed by atoms with Crippen molar-refractivity contribution in [1.29, 1.82) is 0 Å². The fourth-order valence-electron chi connectivity index (χ4n) is 3.54. The van der Waals surface area contributed by atoms with Crippen LogP contribution in [0.5, 0.6) is 11.5 Å². The number of carboxylic acids is 1. The Balaban J connectivity index is 2.12. The van der Waals surface area contributed by atoms with Crippen molar-refractivity contribution in [3.8, 4) is 34.0 Å². The minimum atomic E-state index is -0.866. The molecule has 0 aliphatic rings. The SMILES string of the molecule is CCCCn1nc(-c2cc(CC(=O)O)ccc2OCC(C)C)cc1-c1ccccc1OC. The molecule has 1 heterocycles. The molecule has 1 N–H and O–H groups in total. The molecule has 0 saturated heterocycles. The third-order valence-corrected chi connectivity index (χ3v) is 5.13. The first kappa shape index (κ1) is 23.4. The molecule has 6 nitrogen and oxygen atoms in total. The Morgan fingerprint density at radius 1 is 1.09 bits per heavy atom. The van der Waals surface area contributed by atoms with Crippen LogP contribution in [0.3, 0.4) is 0 Å². The van der Waals surface area contributed by atoms with Gasteiger partial charge in [0, 0.05) is 17.7 Å². The summed E-state index contributed by atoms with van der Waals surface area (Å²) in [4.78, 5) is 11.3. The predicted octanol–water partition coefficient (Wildman–Crippen LogP) is 5.69. The number of carboxylic acid groups (broad SMARTS) is 1. The lowest BCUT2D eigenvalue weighted by Gasteiger charge is -2.13. The van der Waals surface area contributed by atoms with Crippen LogP contribution in [0.1, 0.15) is 39.2 Å². The van der Waals surface area contributed by atoms with E-state index in [2.05, 4.69) is 20.8 Å². The van der Waals surface area contributed by atoms with E-state index in [1.165, 1.54) is 0 Å². The van der Waals surface area contributed by atoms with Gasteiger partial charge in [0.2, 0.25) is 0 Å². The van der Waals surface area contributed by atoms with Crippen molar-refractivity contribution in [1.82, 2.24) is 9.78 Å². The number of para-hydroxylation sites is 1. The van der Waals surface area contributed by atoms with Crippen LogP contribution in [0.15, 0.2) is 48.5 Å². The molecule has 3 rings (SSSR count). The van der Waals surface area contributed by atoms with E-state index in [4.69, 9.17) is 14.6 Å². The van der Waals surface area contributed by atoms with Crippen LogP contribution in [0, 0.1) is 5.92 Å². The molecular formula is C26H32N2O4. The number of methoxy groups -OCH3 is 1. The second-order valence-electron chi connectivity index (χ2n) is 8.30. The molecular weight excluding hydrogens is 404 g/mol. The summed E-state index contributed by atoms with van der Waals surface area (Å²) in [6.45, 7) is 7.69. The van der Waals surface area contributed by atoms with Gasteiger partial charge in [0.15, 0.2) is 0 Å². The molecule has 0 radical (unpaired) electrons. The minimum absolute atomic E-state index is 0.0482. The van der Waals surface area contributed by atoms with E-state index >= 15 is 0 Å². The van der Waals surface area contributed by atoms with E-state index in [9.17, 15) is 9.90 Å². The zero-order valence-electron chi connectivity index (χ0n) is 19.3. The number of benzene rings is 2. The molecule has 0 fully saturated rings. The quantitative estimate of drug-likeness (QED) is 0.418. The van der Waals surface area contributed by atoms with Gasteiger partial charge in [-0.15, -0.1) is 0 Å². The first-order valence-corrected chi connectivity index (χ1v) is 11.1. The lowest BCUT2D eigenvalue weighted by atomic mass is 10.0. The molecule has 170 valence electrons. The number of aryl methyl sites for hydroxylation is 1. The molecule has 0 saturated carbocycles. The van der Waals surface area contributed by atoms with Gasteiger partial charge in [-0.1, -0.05) is 45.4 Å². The van der Waals surface area contributed by atoms with Gasteiger partial charge in [-0.25, -0.2) is 0 Å². The smallest absolute Gasteiger partial charge is 0.307 e. The van der Waals surface area contributed by atoms with E-state index in [0.29, 0.717) is 23.8 Å². The van der Waals surface area contributed by atoms with Crippen molar-refractivity contribution in [3.63, 3.8) is 0 Å². The number of hydrogen-bond donors (Lipinski definition) is 1. The van der Waals surface area contributed by atoms with E-state index in [0.717, 1.165) is 47.7 Å². The van der Waals surface area contributed by atoms with Crippen molar-refractivity contribution in [3.05, 3.63) is 54.1 Å². The molecule has 0 aliphatic carbocycles. The molecule has 0 atom stereocenters. The van der Waals surface area contributed by atoms with Crippen molar-refractivity contribution < 1.29 is 19.4 Å². The average Bonchev–Trinajstić information content (AvgIpc) is 3.20. The van der Waals surface area contributed by atoms with Crippen molar-refractivity contribution in [2.45, 2.75) is 46.6 Å². The molecule has 2 aromatic carbocycles. The van der Waals surface area contributed by atoms with Gasteiger partial charge in [-0.2, -0.15) is 5.10 Å². The van der Waals surface area contributed by atoms with E-state index < -0.39 is 5.97 Å². The Hall–Kier alpha value is -3.28. The Labute approximate surface area is 189 Å². The highest BCUT2D eigenvalue weighted by atomic mass is 16.5. The van der Waals surface area contributed by atoms with Crippen LogP contribution in [0.25, 0.3) is 22.5 Å². The Morgan fingerprint density at radius 2 is 1.88 bits per heavy atom. The van der Waals surface area contributed by atoms with Crippen LogP contribution in [0.4, 0.5) is 0 Å². The zero-order valence-corrected chi connectivity index (χ0v) is 19.3. The molecule has 32 heavy (non-hydrogen) atoms. The highest BCUT2D eigenvalue weighted by Gasteiger charge is 2.18. The van der Waals surface area contributed by atoms with Crippen molar-refractivity contribution in [2.24, 2.45) is 5.92 Å². The fourth-order valence-corrected chi connectivity index (χ4v) is 3.54. The largest absolute Gasteiger partial charge is 0.496 e. The van der Waals surface area contributed by atoms with E-state index in [1.807, 2.05) is 53.2 Å². The number of aliphatic carboxylic acids is 1. The zero-order chi connectivity index (χ0) is 23.1. The summed E-state index contributed by atoms with van der Waals surface area (Å²) in [6.07, 6.45) is 2.00. The van der Waals surface area contributed by atoms with Gasteiger partial charge in [-0.3, -0.25) is 9.48 Å². The summed E-state index contributed by atoms with van der Waals surface area (Å²) in [5.41, 5.74) is 4.20. The first-order valence-electron chi connectivity index (χ1n) is 11.1. The number of aromatic nitrogens is 2. The first-order chi connectivity index (χ1) is 15.4. The Bertz CT molecular complexity index is 1060. The highest BCUT2D eigenvalue weighted by molar-refractivity contribution is 5.77. The Morgan fingerprint density at radius 3 is 2.56 bits per heavy atom. The topological polar surface area (TPSA) is 73.6 Å². The van der Waals surface area contributed by atoms with Crippen LogP contribution in [-0.4, -0.2) is 34.6 Å². The molecule has 0 unspecified atom stereocenters. The van der Waals surface area contributed by atoms with Gasteiger partial charge in [-0.05, 0) is 48.2 Å². The highest BCUT2D eigenvalue weighted by Crippen LogP contribution is 2.36. The summed E-state index contributed by atoms with van der Waals surface area (Å²) < 4.78 is 13.7. The van der Waals surface area contributed by atoms with Crippen LogP contribution in [0.2, 0.25) is 0 Å². The molecule has 0 bridgehead atoms. The summed E-state index contributed by atoms with van der Waals surface area (Å²) in [6, 6.07) is 15.5. The number of rotatable bonds is 11. The maximum Gasteiger partial charge on any atom is 0.307 e. The third kappa shape index (κ3) is 5.69. The number of carbonyl (C=O) groups is 1. The van der Waals surface area contributed by atoms with Gasteiger partial charge < -0.3 is 14.6 Å². The normalized spacial score (nSPS) is 11.0. The summed E-state index contributed by atoms with van der Waals surface area (Å²) in [5, 5.41) is 14.2. The number of hydrogen-bond acceptors (Lipinski definition) is 4. The maximum atomic E-state index is 11.3. The summed E-state index contributed by atoms with van der Waals surface area (Å²) in [5.74, 6) is 0.995. The molecule has 3 aromatic rings. The van der Waals surface area contributed by atoms with E-state index in [1.54, 1.807) is 7.11 Å². The van der Waals surface area contributed by atoms with Crippen molar-refractivity contribution in [2.75, 3.05) is 13.7 Å². The van der Waals surface area contributed by atoms with Gasteiger partial charge >= 0.3 is 5.97 Å². The number of ether oxygens (including phenoxy) is 2. The van der Waals surface area contributed by atoms with Gasteiger partial charge in [0.25, 0.3) is 0 Å². The second kappa shape index (κ2) is 10.8. The standard InChI is InChI=1S/C26H32N2O4/c1-5-6-13-28-23(20-9-7-8-10-24(20)31-4)16-22(27-28)21-14-19(15-26(29)30)11-12-25(21)32-17-18(2)3/h7-12,14,16,18H,5-6,13,15,17H2,1-4H3,(H,29,30). The van der Waals surface area contributed by atoms with Crippen LogP contribution >= 0.6 is 0 Å². The van der Waals surface area contributed by atoms with Crippen LogP contribution in [-0.2, 0) is 17.8 Å². The van der Waals surface area contributed by atoms with Gasteiger partial charge in [0.05, 0.1) is 31.5 Å². The fraction of sp³-hybridized carbons (Fsp3) is 0.385. The summed E-state index contributed by atoms with van der Waals surface area (Å²) >= 11 is 0. The predicted molar refractivity (Wildman–Crippen MR) is 126 cm³/mol. The number of unbranched alkanes of at least 4 members (excludes halogenated alkanes) is 1. The minimum Gasteiger partial charge on any atom is -0.496 e. The maximum absolute atomic E-state index is 11.3. The summed E-state index contributed by atoms with van der Waals surface area (Å²) in [7, 11) is 1.67. The van der Waals surface area contributed by atoms with E-state index in [-0.39, 0.29) is 6.42 Å². The van der Waals surface area contributed by atoms with Gasteiger partial charge in [0.1, 0.15) is 11.5 Å². The lowest BCUT2D eigenvalue weighted by Crippen LogP contribution is -2.07.